The maximum absolute atomic E-state index is 12.0. The van der Waals surface area contributed by atoms with Gasteiger partial charge in [0.15, 0.2) is 0 Å². The molecule has 3 aromatic rings. The van der Waals surface area contributed by atoms with Crippen LogP contribution in [0.15, 0.2) is 60.1 Å². The molecule has 0 fully saturated rings. The van der Waals surface area contributed by atoms with Crippen molar-refractivity contribution >= 4 is 28.6 Å². The molecule has 1 aliphatic heterocycles. The van der Waals surface area contributed by atoms with E-state index in [4.69, 9.17) is 4.74 Å². The molecule has 1 aliphatic rings. The van der Waals surface area contributed by atoms with Crippen molar-refractivity contribution in [2.75, 3.05) is 0 Å². The van der Waals surface area contributed by atoms with Crippen LogP contribution in [0, 0.1) is 0 Å². The van der Waals surface area contributed by atoms with Gasteiger partial charge in [-0.15, -0.1) is 5.10 Å². The van der Waals surface area contributed by atoms with Gasteiger partial charge in [-0.25, -0.2) is 0 Å². The molecular formula is C19H16N4O3. The molecule has 0 saturated carbocycles. The summed E-state index contributed by atoms with van der Waals surface area (Å²) < 4.78 is 7.55. The molecule has 4 rings (SSSR count). The highest BCUT2D eigenvalue weighted by molar-refractivity contribution is 6.10. The van der Waals surface area contributed by atoms with Crippen LogP contribution in [0.1, 0.15) is 36.0 Å². The maximum atomic E-state index is 12.0. The number of hydrogen-bond donors (Lipinski definition) is 0. The van der Waals surface area contributed by atoms with E-state index < -0.39 is 6.23 Å². The average Bonchev–Trinajstić information content (AvgIpc) is 3.24. The minimum absolute atomic E-state index is 0.113. The third-order valence-corrected chi connectivity index (χ3v) is 4.22. The number of fused-ring (bicyclic) bond motifs is 1. The maximum Gasteiger partial charge on any atom is 0.243 e. The molecule has 1 atom stereocenters. The number of ether oxygens (including phenoxy) is 1. The predicted molar refractivity (Wildman–Crippen MR) is 95.4 cm³/mol. The lowest BCUT2D eigenvalue weighted by molar-refractivity contribution is -0.135. The Bertz CT molecular complexity index is 1040. The number of nitrogens with zero attached hydrogens (tertiary/aromatic N) is 4. The first-order chi connectivity index (χ1) is 12.6. The molecule has 3 heterocycles. The van der Waals surface area contributed by atoms with E-state index in [2.05, 4.69) is 10.1 Å². The topological polar surface area (TPSA) is 76.8 Å². The fourth-order valence-corrected chi connectivity index (χ4v) is 3.02. The molecule has 0 N–H and O–H groups in total. The normalized spacial score (nSPS) is 16.5. The monoisotopic (exact) mass is 348 g/mol. The van der Waals surface area contributed by atoms with Crippen molar-refractivity contribution in [2.24, 2.45) is 5.10 Å². The van der Waals surface area contributed by atoms with Crippen LogP contribution in [0.5, 0.6) is 0 Å². The van der Waals surface area contributed by atoms with Crippen molar-refractivity contribution in [1.82, 2.24) is 14.6 Å². The average molecular weight is 348 g/mol. The van der Waals surface area contributed by atoms with Gasteiger partial charge in [0.2, 0.25) is 23.9 Å². The Morgan fingerprint density at radius 2 is 1.88 bits per heavy atom. The van der Waals surface area contributed by atoms with Crippen molar-refractivity contribution in [3.8, 4) is 0 Å². The van der Waals surface area contributed by atoms with Crippen LogP contribution in [0.2, 0.25) is 0 Å². The molecule has 1 unspecified atom stereocenters. The van der Waals surface area contributed by atoms with Crippen LogP contribution >= 0.6 is 0 Å². The third kappa shape index (κ3) is 2.54. The smallest absolute Gasteiger partial charge is 0.243 e. The van der Waals surface area contributed by atoms with E-state index in [1.807, 2.05) is 30.3 Å². The molecule has 2 aromatic heterocycles. The minimum atomic E-state index is -0.685. The highest BCUT2D eigenvalue weighted by Crippen LogP contribution is 2.32. The lowest BCUT2D eigenvalue weighted by atomic mass is 10.2. The SMILES string of the molecule is CC(=O)N1N=C(c2cn(C(C)=O)c3ccccc23)OC1c1cccnc1. The molecule has 0 aliphatic carbocycles. The van der Waals surface area contributed by atoms with Crippen LogP contribution in [-0.2, 0) is 9.53 Å². The van der Waals surface area contributed by atoms with Crippen molar-refractivity contribution in [2.45, 2.75) is 20.1 Å². The third-order valence-electron chi connectivity index (χ3n) is 4.22. The van der Waals surface area contributed by atoms with Crippen LogP contribution < -0.4 is 0 Å². The van der Waals surface area contributed by atoms with Crippen LogP contribution in [-0.4, -0.2) is 32.3 Å². The number of carbonyl (C=O) groups excluding carboxylic acids is 2. The van der Waals surface area contributed by atoms with E-state index in [0.717, 1.165) is 16.5 Å². The number of benzene rings is 1. The van der Waals surface area contributed by atoms with Crippen molar-refractivity contribution in [3.63, 3.8) is 0 Å². The number of aromatic nitrogens is 2. The van der Waals surface area contributed by atoms with Crippen LogP contribution in [0.3, 0.4) is 0 Å². The van der Waals surface area contributed by atoms with E-state index in [0.29, 0.717) is 11.5 Å². The van der Waals surface area contributed by atoms with Crippen molar-refractivity contribution in [1.29, 1.82) is 0 Å². The first-order valence-electron chi connectivity index (χ1n) is 8.12. The molecule has 130 valence electrons. The molecule has 26 heavy (non-hydrogen) atoms. The Hall–Kier alpha value is -3.48. The number of rotatable bonds is 2. The van der Waals surface area contributed by atoms with E-state index in [1.165, 1.54) is 18.9 Å². The van der Waals surface area contributed by atoms with Gasteiger partial charge in [0, 0.05) is 43.4 Å². The Balaban J connectivity index is 1.82. The first-order valence-corrected chi connectivity index (χ1v) is 8.12. The summed E-state index contributed by atoms with van der Waals surface area (Å²) in [6, 6.07) is 11.1. The summed E-state index contributed by atoms with van der Waals surface area (Å²) in [5.41, 5.74) is 2.14. The van der Waals surface area contributed by atoms with E-state index in [-0.39, 0.29) is 11.8 Å². The first kappa shape index (κ1) is 16.0. The van der Waals surface area contributed by atoms with Gasteiger partial charge in [-0.1, -0.05) is 24.3 Å². The van der Waals surface area contributed by atoms with E-state index >= 15 is 0 Å². The van der Waals surface area contributed by atoms with Gasteiger partial charge in [-0.3, -0.25) is 19.1 Å². The number of para-hydroxylation sites is 1. The van der Waals surface area contributed by atoms with Gasteiger partial charge in [0.05, 0.1) is 11.1 Å². The van der Waals surface area contributed by atoms with Gasteiger partial charge in [0.25, 0.3) is 0 Å². The lowest BCUT2D eigenvalue weighted by Gasteiger charge is -2.18. The summed E-state index contributed by atoms with van der Waals surface area (Å²) in [7, 11) is 0. The largest absolute Gasteiger partial charge is 0.446 e. The Morgan fingerprint density at radius 1 is 1.08 bits per heavy atom. The summed E-state index contributed by atoms with van der Waals surface area (Å²) in [6.45, 7) is 2.92. The summed E-state index contributed by atoms with van der Waals surface area (Å²) in [6.07, 6.45) is 4.29. The quantitative estimate of drug-likeness (QED) is 0.713. The Morgan fingerprint density at radius 3 is 2.58 bits per heavy atom. The molecule has 1 aromatic carbocycles. The summed E-state index contributed by atoms with van der Waals surface area (Å²) in [5.74, 6) is -0.0623. The molecule has 0 saturated heterocycles. The van der Waals surface area contributed by atoms with Gasteiger partial charge in [0.1, 0.15) is 0 Å². The second-order valence-electron chi connectivity index (χ2n) is 5.97. The second-order valence-corrected chi connectivity index (χ2v) is 5.97. The summed E-state index contributed by atoms with van der Waals surface area (Å²) >= 11 is 0. The minimum Gasteiger partial charge on any atom is -0.446 e. The number of hydrogen-bond acceptors (Lipinski definition) is 5. The Kier molecular flexibility index (Phi) is 3.76. The zero-order chi connectivity index (χ0) is 18.3. The number of carbonyl (C=O) groups is 2. The van der Waals surface area contributed by atoms with Gasteiger partial charge in [-0.05, 0) is 12.1 Å². The van der Waals surface area contributed by atoms with E-state index in [9.17, 15) is 9.59 Å². The van der Waals surface area contributed by atoms with Gasteiger partial charge < -0.3 is 4.74 Å². The summed E-state index contributed by atoms with van der Waals surface area (Å²) in [5, 5.41) is 6.48. The fraction of sp³-hybridized carbons (Fsp3) is 0.158. The van der Waals surface area contributed by atoms with Crippen molar-refractivity contribution < 1.29 is 14.3 Å². The molecule has 7 nitrogen and oxygen atoms in total. The van der Waals surface area contributed by atoms with E-state index in [1.54, 1.807) is 29.2 Å². The molecule has 0 spiro atoms. The predicted octanol–water partition coefficient (Wildman–Crippen LogP) is 2.94. The molecule has 0 radical (unpaired) electrons. The van der Waals surface area contributed by atoms with Crippen molar-refractivity contribution in [3.05, 3.63) is 66.1 Å². The van der Waals surface area contributed by atoms with Gasteiger partial charge >= 0.3 is 0 Å². The number of pyridine rings is 1. The number of hydrazone groups is 1. The second kappa shape index (κ2) is 6.11. The standard InChI is InChI=1S/C19H16N4O3/c1-12(24)22-11-16(15-7-3-4-8-17(15)22)18-21-23(13(2)25)19(26-18)14-6-5-9-20-10-14/h3-11,19H,1-2H3. The lowest BCUT2D eigenvalue weighted by Crippen LogP contribution is -2.25. The highest BCUT2D eigenvalue weighted by atomic mass is 16.5. The molecule has 1 amide bonds. The number of amides is 1. The zero-order valence-electron chi connectivity index (χ0n) is 14.3. The highest BCUT2D eigenvalue weighted by Gasteiger charge is 2.34. The molecule has 0 bridgehead atoms. The molecular weight excluding hydrogens is 332 g/mol. The van der Waals surface area contributed by atoms with Gasteiger partial charge in [-0.2, -0.15) is 5.01 Å². The van der Waals surface area contributed by atoms with Crippen LogP contribution in [0.25, 0.3) is 10.9 Å². The van der Waals surface area contributed by atoms with Crippen LogP contribution in [0.4, 0.5) is 0 Å². The molecule has 7 heteroatoms. The Labute approximate surface area is 149 Å². The zero-order valence-corrected chi connectivity index (χ0v) is 14.3. The fourth-order valence-electron chi connectivity index (χ4n) is 3.02. The summed E-state index contributed by atoms with van der Waals surface area (Å²) in [4.78, 5) is 28.1.